The van der Waals surface area contributed by atoms with E-state index in [-0.39, 0.29) is 23.3 Å². The van der Waals surface area contributed by atoms with Crippen LogP contribution in [-0.4, -0.2) is 5.11 Å². The Morgan fingerprint density at radius 3 is 1.75 bits per heavy atom. The van der Waals surface area contributed by atoms with Gasteiger partial charge in [0.1, 0.15) is 0 Å². The summed E-state index contributed by atoms with van der Waals surface area (Å²) in [5.41, 5.74) is 0.116. The Balaban J connectivity index is -0.000000162. The van der Waals surface area contributed by atoms with Crippen molar-refractivity contribution < 1.29 is 36.4 Å². The van der Waals surface area contributed by atoms with Crippen LogP contribution in [0.1, 0.15) is 19.4 Å². The number of hydrogen-bond donors (Lipinski definition) is 1. The zero-order valence-electron chi connectivity index (χ0n) is 11.3. The van der Waals surface area contributed by atoms with Crippen LogP contribution in [0.4, 0.5) is 0 Å². The van der Waals surface area contributed by atoms with Gasteiger partial charge in [0.25, 0.3) is 0 Å². The van der Waals surface area contributed by atoms with E-state index >= 15 is 0 Å². The van der Waals surface area contributed by atoms with Crippen LogP contribution in [0, 0.1) is 25.9 Å². The summed E-state index contributed by atoms with van der Waals surface area (Å²) >= 11 is 0. The summed E-state index contributed by atoms with van der Waals surface area (Å²) in [5, 5.41) is 10.2. The largest absolute Gasteiger partial charge is 0 e. The molecule has 1 rings (SSSR count). The second kappa shape index (κ2) is 17.7. The first-order valence-corrected chi connectivity index (χ1v) is 5.10. The van der Waals surface area contributed by atoms with Crippen molar-refractivity contribution in [2.75, 3.05) is 0 Å². The Labute approximate surface area is 130 Å². The summed E-state index contributed by atoms with van der Waals surface area (Å²) in [6, 6.07) is 9.66. The minimum atomic E-state index is -0.816. The third-order valence-corrected chi connectivity index (χ3v) is 2.60. The van der Waals surface area contributed by atoms with E-state index in [1.165, 1.54) is 0 Å². The maximum Gasteiger partial charge on any atom is 0 e. The van der Waals surface area contributed by atoms with E-state index in [4.69, 9.17) is 14.0 Å². The molecule has 0 aliphatic rings. The Kier molecular flexibility index (Phi) is 23.9. The van der Waals surface area contributed by atoms with E-state index in [1.807, 2.05) is 44.2 Å². The molecule has 0 fully saturated rings. The summed E-state index contributed by atoms with van der Waals surface area (Å²) < 4.78 is 22.5. The van der Waals surface area contributed by atoms with Gasteiger partial charge in [-0.2, -0.15) is 0 Å². The van der Waals surface area contributed by atoms with Crippen molar-refractivity contribution in [3.63, 3.8) is 0 Å². The summed E-state index contributed by atoms with van der Waals surface area (Å²) in [5.74, 6) is 0.0508. The van der Waals surface area contributed by atoms with Gasteiger partial charge in [0.05, 0.1) is 5.60 Å². The van der Waals surface area contributed by atoms with Crippen LogP contribution in [0.25, 0.3) is 0 Å². The molecule has 0 amide bonds. The van der Waals surface area contributed by atoms with Crippen molar-refractivity contribution in [2.24, 2.45) is 5.92 Å². The molecular weight excluding hydrogens is 296 g/mol. The molecule has 0 radical (unpaired) electrons. The Morgan fingerprint density at radius 2 is 1.45 bits per heavy atom. The molecule has 0 aliphatic heterocycles. The molecule has 2 atom stereocenters. The van der Waals surface area contributed by atoms with E-state index < -0.39 is 5.60 Å². The van der Waals surface area contributed by atoms with Crippen molar-refractivity contribution >= 4 is 0 Å². The SMILES string of the molecule is C=C[C@@H](C)[C@](C)(O)c1ccccc1.[C-]#[O+].[C-]#[O+].[C-]#[O+].[Cr]. The Morgan fingerprint density at radius 1 is 1.10 bits per heavy atom. The normalized spacial score (nSPS) is 11.7. The molecule has 0 spiro atoms. The first-order chi connectivity index (χ1) is 9.09. The van der Waals surface area contributed by atoms with Crippen LogP contribution in [0.3, 0.4) is 0 Å². The minimum absolute atomic E-state index is 0. The molecule has 4 nitrogen and oxygen atoms in total. The number of hydrogen-bond acceptors (Lipinski definition) is 1. The summed E-state index contributed by atoms with van der Waals surface area (Å²) in [4.78, 5) is 0. The summed E-state index contributed by atoms with van der Waals surface area (Å²) in [7, 11) is 0. The molecule has 106 valence electrons. The van der Waals surface area contributed by atoms with Crippen molar-refractivity contribution in [1.29, 1.82) is 0 Å². The van der Waals surface area contributed by atoms with Crippen LogP contribution < -0.4 is 0 Å². The molecule has 1 aromatic rings. The second-order valence-electron chi connectivity index (χ2n) is 3.54. The Hall–Kier alpha value is -1.33. The number of benzene rings is 1. The third kappa shape index (κ3) is 9.58. The molecule has 0 heterocycles. The molecule has 20 heavy (non-hydrogen) atoms. The molecule has 0 bridgehead atoms. The predicted octanol–water partition coefficient (Wildman–Crippen LogP) is 2.60. The third-order valence-electron chi connectivity index (χ3n) is 2.60. The fraction of sp³-hybridized carbons (Fsp3) is 0.267. The molecular formula is C15H16CrO4. The van der Waals surface area contributed by atoms with Gasteiger partial charge in [0, 0.05) is 23.3 Å². The zero-order chi connectivity index (χ0) is 15.9. The van der Waals surface area contributed by atoms with E-state index in [1.54, 1.807) is 6.08 Å². The molecule has 1 N–H and O–H groups in total. The second-order valence-corrected chi connectivity index (χ2v) is 3.54. The zero-order valence-corrected chi connectivity index (χ0v) is 12.6. The van der Waals surface area contributed by atoms with Crippen LogP contribution >= 0.6 is 0 Å². The molecule has 0 aliphatic carbocycles. The summed E-state index contributed by atoms with van der Waals surface area (Å²) in [6.45, 7) is 21.0. The van der Waals surface area contributed by atoms with E-state index in [0.717, 1.165) is 5.56 Å². The van der Waals surface area contributed by atoms with Gasteiger partial charge in [-0.25, -0.2) is 0 Å². The van der Waals surface area contributed by atoms with Gasteiger partial charge in [0.15, 0.2) is 0 Å². The van der Waals surface area contributed by atoms with Gasteiger partial charge in [-0.05, 0) is 12.5 Å². The maximum absolute atomic E-state index is 10.2. The van der Waals surface area contributed by atoms with Crippen molar-refractivity contribution in [1.82, 2.24) is 0 Å². The van der Waals surface area contributed by atoms with Crippen molar-refractivity contribution in [3.05, 3.63) is 68.5 Å². The van der Waals surface area contributed by atoms with Gasteiger partial charge in [-0.1, -0.05) is 43.3 Å². The van der Waals surface area contributed by atoms with Crippen LogP contribution in [0.2, 0.25) is 0 Å². The molecule has 0 saturated carbocycles. The van der Waals surface area contributed by atoms with Crippen molar-refractivity contribution in [2.45, 2.75) is 19.4 Å². The minimum Gasteiger partial charge on any atom is 0 e. The van der Waals surface area contributed by atoms with Crippen LogP contribution in [0.5, 0.6) is 0 Å². The number of aliphatic hydroxyl groups is 1. The van der Waals surface area contributed by atoms with E-state index in [0.29, 0.717) is 0 Å². The topological polar surface area (TPSA) is 79.9 Å². The van der Waals surface area contributed by atoms with E-state index in [9.17, 15) is 5.11 Å². The average molecular weight is 312 g/mol. The quantitative estimate of drug-likeness (QED) is 0.519. The molecule has 1 aromatic carbocycles. The standard InChI is InChI=1S/C12H16O.3CO.Cr/c1-4-10(2)12(3,13)11-8-6-5-7-9-11;3*1-2;/h4-10,13H,1H2,2-3H3;;;;/t10-,12+;;;;/m1..../s1. The van der Waals surface area contributed by atoms with Gasteiger partial charge in [-0.3, -0.25) is 0 Å². The first-order valence-electron chi connectivity index (χ1n) is 5.10. The van der Waals surface area contributed by atoms with Crippen molar-refractivity contribution in [3.8, 4) is 0 Å². The Bertz CT molecular complexity index is 379. The smallest absolute Gasteiger partial charge is 0 e. The van der Waals surface area contributed by atoms with Crippen LogP contribution in [-0.2, 0) is 36.9 Å². The fourth-order valence-electron chi connectivity index (χ4n) is 1.27. The molecule has 0 unspecified atom stereocenters. The molecule has 5 heteroatoms. The fourth-order valence-corrected chi connectivity index (χ4v) is 1.27. The van der Waals surface area contributed by atoms with Gasteiger partial charge < -0.3 is 5.11 Å². The molecule has 0 saturated heterocycles. The van der Waals surface area contributed by atoms with Gasteiger partial charge in [-0.15, -0.1) is 6.58 Å². The van der Waals surface area contributed by atoms with Gasteiger partial charge >= 0.3 is 33.9 Å². The average Bonchev–Trinajstić information content (AvgIpc) is 2.53. The first kappa shape index (κ1) is 27.1. The summed E-state index contributed by atoms with van der Waals surface area (Å²) in [6.07, 6.45) is 1.77. The number of rotatable bonds is 3. The van der Waals surface area contributed by atoms with Gasteiger partial charge in [0.2, 0.25) is 0 Å². The van der Waals surface area contributed by atoms with E-state index in [2.05, 4.69) is 26.5 Å². The van der Waals surface area contributed by atoms with Crippen LogP contribution in [0.15, 0.2) is 43.0 Å². The molecule has 0 aromatic heterocycles. The predicted molar refractivity (Wildman–Crippen MR) is 67.2 cm³/mol. The monoisotopic (exact) mass is 312 g/mol. The maximum atomic E-state index is 10.2.